The molecule has 0 radical (unpaired) electrons. The van der Waals surface area contributed by atoms with Crippen molar-refractivity contribution in [1.82, 2.24) is 0 Å². The molecule has 2 rings (SSSR count). The van der Waals surface area contributed by atoms with E-state index in [-0.39, 0.29) is 17.8 Å². The summed E-state index contributed by atoms with van der Waals surface area (Å²) >= 11 is 6.09. The summed E-state index contributed by atoms with van der Waals surface area (Å²) in [5.74, 6) is -2.49. The zero-order valence-corrected chi connectivity index (χ0v) is 16.5. The zero-order chi connectivity index (χ0) is 20.4. The van der Waals surface area contributed by atoms with E-state index in [4.69, 9.17) is 11.6 Å². The van der Waals surface area contributed by atoms with Crippen molar-refractivity contribution in [3.63, 3.8) is 0 Å². The highest BCUT2D eigenvalue weighted by Crippen LogP contribution is 2.28. The van der Waals surface area contributed by atoms with Crippen molar-refractivity contribution >= 4 is 38.9 Å². The number of amides is 1. The van der Waals surface area contributed by atoms with E-state index in [9.17, 15) is 22.0 Å². The number of nitrogens with one attached hydrogen (secondary N) is 1. The quantitative estimate of drug-likeness (QED) is 0.770. The Kier molecular flexibility index (Phi) is 6.43. The number of hydrogen-bond donors (Lipinski definition) is 1. The Morgan fingerprint density at radius 3 is 2.41 bits per heavy atom. The topological polar surface area (TPSA) is 66.5 Å². The third kappa shape index (κ3) is 4.95. The van der Waals surface area contributed by atoms with E-state index in [0.29, 0.717) is 11.1 Å². The van der Waals surface area contributed by atoms with Gasteiger partial charge in [-0.1, -0.05) is 24.6 Å². The van der Waals surface area contributed by atoms with Crippen molar-refractivity contribution in [3.8, 4) is 0 Å². The Bertz CT molecular complexity index is 967. The summed E-state index contributed by atoms with van der Waals surface area (Å²) in [6.07, 6.45) is 1.09. The second-order valence-corrected chi connectivity index (χ2v) is 8.30. The van der Waals surface area contributed by atoms with Gasteiger partial charge in [-0.05, 0) is 43.2 Å². The van der Waals surface area contributed by atoms with E-state index in [1.807, 2.05) is 0 Å². The van der Waals surface area contributed by atoms with Gasteiger partial charge >= 0.3 is 0 Å². The number of aryl methyl sites for hydroxylation is 1. The average molecular weight is 417 g/mol. The summed E-state index contributed by atoms with van der Waals surface area (Å²) < 4.78 is 52.6. The molecule has 146 valence electrons. The minimum absolute atomic E-state index is 0.118. The van der Waals surface area contributed by atoms with Crippen LogP contribution >= 0.6 is 11.6 Å². The van der Waals surface area contributed by atoms with Crippen molar-refractivity contribution in [2.45, 2.75) is 26.3 Å². The predicted molar refractivity (Wildman–Crippen MR) is 103 cm³/mol. The number of carbonyl (C=O) groups excluding carboxylic acids is 1. The van der Waals surface area contributed by atoms with E-state index in [1.165, 1.54) is 12.1 Å². The molecule has 1 unspecified atom stereocenters. The Morgan fingerprint density at radius 1 is 1.22 bits per heavy atom. The lowest BCUT2D eigenvalue weighted by Crippen LogP contribution is -2.47. The molecule has 1 amide bonds. The third-order valence-electron chi connectivity index (χ3n) is 3.93. The molecular formula is C18H19ClF2N2O3S. The first-order valence-electron chi connectivity index (χ1n) is 8.06. The van der Waals surface area contributed by atoms with E-state index >= 15 is 0 Å². The van der Waals surface area contributed by atoms with Gasteiger partial charge in [0.2, 0.25) is 15.9 Å². The highest BCUT2D eigenvalue weighted by Gasteiger charge is 2.32. The summed E-state index contributed by atoms with van der Waals surface area (Å²) in [5.41, 5.74) is 0.727. The molecule has 2 aromatic carbocycles. The number of hydrogen-bond acceptors (Lipinski definition) is 3. The molecular weight excluding hydrogens is 398 g/mol. The molecule has 0 fully saturated rings. The molecule has 9 heteroatoms. The first-order valence-corrected chi connectivity index (χ1v) is 10.3. The van der Waals surface area contributed by atoms with Gasteiger partial charge in [-0.3, -0.25) is 9.10 Å². The number of benzene rings is 2. The first-order chi connectivity index (χ1) is 12.5. The molecule has 0 aliphatic carbocycles. The van der Waals surface area contributed by atoms with Crippen LogP contribution in [0.5, 0.6) is 0 Å². The van der Waals surface area contributed by atoms with E-state index in [0.717, 1.165) is 28.3 Å². The number of nitrogens with zero attached hydrogens (tertiary/aromatic N) is 1. The van der Waals surface area contributed by atoms with Gasteiger partial charge < -0.3 is 5.32 Å². The molecule has 0 aromatic heterocycles. The van der Waals surface area contributed by atoms with Crippen molar-refractivity contribution in [2.24, 2.45) is 0 Å². The molecule has 0 aliphatic rings. The van der Waals surface area contributed by atoms with Gasteiger partial charge in [-0.25, -0.2) is 17.2 Å². The fourth-order valence-corrected chi connectivity index (χ4v) is 3.96. The summed E-state index contributed by atoms with van der Waals surface area (Å²) in [4.78, 5) is 12.7. The van der Waals surface area contributed by atoms with Crippen LogP contribution < -0.4 is 9.62 Å². The fourth-order valence-electron chi connectivity index (χ4n) is 2.59. The van der Waals surface area contributed by atoms with Crippen LogP contribution in [0.3, 0.4) is 0 Å². The molecule has 1 N–H and O–H groups in total. The molecule has 1 atom stereocenters. The smallest absolute Gasteiger partial charge is 0.248 e. The van der Waals surface area contributed by atoms with Gasteiger partial charge in [0.1, 0.15) is 17.7 Å². The normalized spacial score (nSPS) is 12.5. The van der Waals surface area contributed by atoms with Crippen LogP contribution in [-0.4, -0.2) is 26.6 Å². The van der Waals surface area contributed by atoms with Gasteiger partial charge in [0.25, 0.3) is 0 Å². The van der Waals surface area contributed by atoms with Gasteiger partial charge in [0, 0.05) is 11.1 Å². The van der Waals surface area contributed by atoms with Crippen molar-refractivity contribution in [1.29, 1.82) is 0 Å². The summed E-state index contributed by atoms with van der Waals surface area (Å²) in [5, 5.41) is 2.67. The second kappa shape index (κ2) is 8.22. The average Bonchev–Trinajstić information content (AvgIpc) is 2.56. The maximum Gasteiger partial charge on any atom is 0.248 e. The largest absolute Gasteiger partial charge is 0.322 e. The molecule has 0 saturated heterocycles. The molecule has 2 aromatic rings. The highest BCUT2D eigenvalue weighted by atomic mass is 35.5. The number of halogens is 3. The molecule has 0 bridgehead atoms. The summed E-state index contributed by atoms with van der Waals surface area (Å²) in [7, 11) is -3.85. The van der Waals surface area contributed by atoms with E-state index in [1.54, 1.807) is 19.9 Å². The van der Waals surface area contributed by atoms with Gasteiger partial charge in [-0.15, -0.1) is 0 Å². The Hall–Kier alpha value is -2.19. The lowest BCUT2D eigenvalue weighted by Gasteiger charge is -2.30. The van der Waals surface area contributed by atoms with Gasteiger partial charge in [0.05, 0.1) is 17.6 Å². The molecule has 5 nitrogen and oxygen atoms in total. The van der Waals surface area contributed by atoms with Gasteiger partial charge in [-0.2, -0.15) is 0 Å². The predicted octanol–water partition coefficient (Wildman–Crippen LogP) is 4.11. The van der Waals surface area contributed by atoms with E-state index < -0.39 is 33.6 Å². The Morgan fingerprint density at radius 2 is 1.89 bits per heavy atom. The highest BCUT2D eigenvalue weighted by molar-refractivity contribution is 7.92. The van der Waals surface area contributed by atoms with Crippen LogP contribution in [0, 0.1) is 18.6 Å². The Balaban J connectivity index is 2.42. The van der Waals surface area contributed by atoms with Crippen molar-refractivity contribution < 1.29 is 22.0 Å². The van der Waals surface area contributed by atoms with Crippen molar-refractivity contribution in [2.75, 3.05) is 15.9 Å². The number of sulfonamides is 1. The van der Waals surface area contributed by atoms with Crippen LogP contribution in [0.15, 0.2) is 36.4 Å². The first kappa shape index (κ1) is 21.1. The monoisotopic (exact) mass is 416 g/mol. The van der Waals surface area contributed by atoms with Crippen LogP contribution in [0.2, 0.25) is 5.02 Å². The van der Waals surface area contributed by atoms with E-state index in [2.05, 4.69) is 5.32 Å². The third-order valence-corrected chi connectivity index (χ3v) is 5.52. The molecule has 0 heterocycles. The standard InChI is InChI=1S/C18H19ClF2N2O3S/c1-4-17(18(24)22-16-8-6-12(20)9-15(16)21)23(27(3,25)26)13-7-5-11(2)14(19)10-13/h5-10,17H,4H2,1-3H3,(H,22,24). The summed E-state index contributed by atoms with van der Waals surface area (Å²) in [6, 6.07) is 6.17. The maximum atomic E-state index is 13.8. The number of anilines is 2. The lowest BCUT2D eigenvalue weighted by atomic mass is 10.1. The second-order valence-electron chi connectivity index (χ2n) is 6.03. The lowest BCUT2D eigenvalue weighted by molar-refractivity contribution is -0.117. The Labute approximate surface area is 162 Å². The maximum absolute atomic E-state index is 13.8. The minimum atomic E-state index is -3.85. The number of rotatable bonds is 6. The van der Waals surface area contributed by atoms with Crippen LogP contribution in [0.25, 0.3) is 0 Å². The van der Waals surface area contributed by atoms with Crippen LogP contribution in [0.1, 0.15) is 18.9 Å². The van der Waals surface area contributed by atoms with Crippen LogP contribution in [-0.2, 0) is 14.8 Å². The SMILES string of the molecule is CCC(C(=O)Nc1ccc(F)cc1F)N(c1ccc(C)c(Cl)c1)S(C)(=O)=O. The summed E-state index contributed by atoms with van der Waals surface area (Å²) in [6.45, 7) is 3.39. The zero-order valence-electron chi connectivity index (χ0n) is 15.0. The minimum Gasteiger partial charge on any atom is -0.322 e. The number of carbonyl (C=O) groups is 1. The van der Waals surface area contributed by atoms with Gasteiger partial charge in [0.15, 0.2) is 0 Å². The van der Waals surface area contributed by atoms with Crippen molar-refractivity contribution in [3.05, 3.63) is 58.6 Å². The molecule has 0 spiro atoms. The fraction of sp³-hybridized carbons (Fsp3) is 0.278. The van der Waals surface area contributed by atoms with Crippen LogP contribution in [0.4, 0.5) is 20.2 Å². The molecule has 0 saturated carbocycles. The molecule has 0 aliphatic heterocycles. The molecule has 27 heavy (non-hydrogen) atoms.